The zero-order valence-electron chi connectivity index (χ0n) is 43.3. The van der Waals surface area contributed by atoms with E-state index >= 15 is 0 Å². The summed E-state index contributed by atoms with van der Waals surface area (Å²) < 4.78 is 81.1. The lowest BCUT2D eigenvalue weighted by molar-refractivity contribution is -0.347. The van der Waals surface area contributed by atoms with Gasteiger partial charge in [0.15, 0.2) is 25.2 Å². The van der Waals surface area contributed by atoms with Crippen LogP contribution in [0.3, 0.4) is 0 Å². The smallest absolute Gasteiger partial charge is 0.303 e. The van der Waals surface area contributed by atoms with E-state index in [4.69, 9.17) is 61.6 Å². The molecule has 8 rings (SSSR count). The minimum atomic E-state index is -1.74. The van der Waals surface area contributed by atoms with E-state index in [-0.39, 0.29) is 25.0 Å². The molecule has 70 heavy (non-hydrogen) atoms. The Morgan fingerprint density at radius 3 is 1.59 bits per heavy atom. The van der Waals surface area contributed by atoms with Gasteiger partial charge in [0.25, 0.3) is 0 Å². The molecular weight excluding hydrogens is 917 g/mol. The molecule has 4 heterocycles. The second-order valence-electron chi connectivity index (χ2n) is 22.2. The van der Waals surface area contributed by atoms with Gasteiger partial charge in [-0.25, -0.2) is 0 Å². The number of aliphatic hydroxyl groups is 5. The summed E-state index contributed by atoms with van der Waals surface area (Å²) in [5, 5.41) is 59.0. The third kappa shape index (κ3) is 9.60. The van der Waals surface area contributed by atoms with Crippen molar-refractivity contribution in [3.8, 4) is 0 Å². The van der Waals surface area contributed by atoms with E-state index in [2.05, 4.69) is 0 Å². The van der Waals surface area contributed by atoms with E-state index in [1.54, 1.807) is 49.2 Å². The second kappa shape index (κ2) is 21.3. The van der Waals surface area contributed by atoms with Crippen LogP contribution in [0.15, 0.2) is 11.6 Å². The third-order valence-electron chi connectivity index (χ3n) is 18.4. The van der Waals surface area contributed by atoms with Crippen LogP contribution in [0.1, 0.15) is 120 Å². The number of hydrogen-bond donors (Lipinski definition) is 5. The van der Waals surface area contributed by atoms with Crippen LogP contribution in [0.4, 0.5) is 0 Å². The summed E-state index contributed by atoms with van der Waals surface area (Å²) in [4.78, 5) is 12.7. The summed E-state index contributed by atoms with van der Waals surface area (Å²) in [6.45, 7) is 14.2. The fourth-order valence-corrected chi connectivity index (χ4v) is 14.6. The summed E-state index contributed by atoms with van der Waals surface area (Å²) in [5.74, 6) is -1.92. The van der Waals surface area contributed by atoms with Crippen molar-refractivity contribution in [3.05, 3.63) is 11.6 Å². The van der Waals surface area contributed by atoms with Gasteiger partial charge in [0.05, 0.1) is 67.1 Å². The van der Waals surface area contributed by atoms with Gasteiger partial charge >= 0.3 is 5.97 Å². The fourth-order valence-electron chi connectivity index (χ4n) is 14.6. The van der Waals surface area contributed by atoms with Crippen molar-refractivity contribution in [2.45, 2.75) is 254 Å². The van der Waals surface area contributed by atoms with Crippen LogP contribution in [0.25, 0.3) is 0 Å². The second-order valence-corrected chi connectivity index (χ2v) is 22.2. The number of hydrogen-bond acceptors (Lipinski definition) is 19. The topological polar surface area (TPSA) is 238 Å². The molecule has 0 radical (unpaired) electrons. The molecule has 0 aromatic heterocycles. The highest BCUT2D eigenvalue weighted by Gasteiger charge is 2.79. The lowest BCUT2D eigenvalue weighted by Crippen LogP contribution is -2.80. The van der Waals surface area contributed by atoms with Gasteiger partial charge in [-0.05, 0) is 84.5 Å². The molecule has 0 aromatic carbocycles. The molecule has 4 saturated heterocycles. The molecule has 4 aliphatic heterocycles. The van der Waals surface area contributed by atoms with Crippen molar-refractivity contribution < 1.29 is 91.9 Å². The zero-order valence-corrected chi connectivity index (χ0v) is 43.3. The molecule has 3 saturated carbocycles. The minimum absolute atomic E-state index is 0.0936. The highest BCUT2D eigenvalue weighted by Crippen LogP contribution is 2.70. The number of fused-ring (bicyclic) bond motifs is 5. The van der Waals surface area contributed by atoms with Gasteiger partial charge in [0, 0.05) is 72.4 Å². The number of carbonyl (C=O) groups excluding carboxylic acids is 1. The van der Waals surface area contributed by atoms with Gasteiger partial charge in [-0.1, -0.05) is 25.5 Å². The molecule has 8 aliphatic rings. The van der Waals surface area contributed by atoms with Crippen molar-refractivity contribution in [2.24, 2.45) is 22.7 Å². The first-order valence-electron chi connectivity index (χ1n) is 25.8. The molecule has 0 bridgehead atoms. The molecule has 4 aliphatic carbocycles. The summed E-state index contributed by atoms with van der Waals surface area (Å²) in [6.07, 6.45) is -5.77. The summed E-state index contributed by atoms with van der Waals surface area (Å²) in [6, 6.07) is 0. The largest absolute Gasteiger partial charge is 0.459 e. The first kappa shape index (κ1) is 54.8. The molecule has 0 aromatic rings. The van der Waals surface area contributed by atoms with Crippen molar-refractivity contribution in [1.29, 1.82) is 0 Å². The maximum absolute atomic E-state index is 12.9. The summed E-state index contributed by atoms with van der Waals surface area (Å²) in [5.41, 5.74) is -4.55. The lowest BCUT2D eigenvalue weighted by Gasteiger charge is -2.68. The monoisotopic (exact) mass is 1000 g/mol. The van der Waals surface area contributed by atoms with Crippen LogP contribution >= 0.6 is 0 Å². The SMILES string of the molecule is COC1CC(OC2C(C)OC(OC3C(C)OC(OC4C(C)OC(OC5CCC6(C)C(=CCC7(O)C6C(OC(C)=O)C(O)C6(C)C(C(C)O)CCC76O)C5)CC4OC)CC3OC)CC2OC)OC(C)C1O. The summed E-state index contributed by atoms with van der Waals surface area (Å²) in [7, 11) is 6.48. The van der Waals surface area contributed by atoms with Gasteiger partial charge in [-0.15, -0.1) is 0 Å². The average Bonchev–Trinajstić information content (AvgIpc) is 3.61. The molecule has 26 atom stereocenters. The van der Waals surface area contributed by atoms with Crippen LogP contribution in [0.2, 0.25) is 0 Å². The van der Waals surface area contributed by atoms with Crippen LogP contribution < -0.4 is 0 Å². The van der Waals surface area contributed by atoms with Gasteiger partial charge in [-0.3, -0.25) is 4.79 Å². The molecule has 26 unspecified atom stereocenters. The highest BCUT2D eigenvalue weighted by molar-refractivity contribution is 5.66. The van der Waals surface area contributed by atoms with E-state index < -0.39 is 150 Å². The fraction of sp³-hybridized carbons (Fsp3) is 0.941. The van der Waals surface area contributed by atoms with E-state index in [1.165, 1.54) is 6.92 Å². The Hall–Kier alpha value is -1.47. The van der Waals surface area contributed by atoms with E-state index in [1.807, 2.05) is 33.8 Å². The van der Waals surface area contributed by atoms with Crippen molar-refractivity contribution in [3.63, 3.8) is 0 Å². The Kier molecular flexibility index (Phi) is 16.6. The number of ether oxygens (including phenoxy) is 13. The molecule has 19 heteroatoms. The number of carbonyl (C=O) groups is 1. The normalized spacial score (nSPS) is 52.2. The Morgan fingerprint density at radius 1 is 0.671 bits per heavy atom. The first-order chi connectivity index (χ1) is 33.1. The number of esters is 1. The predicted molar refractivity (Wildman–Crippen MR) is 247 cm³/mol. The van der Waals surface area contributed by atoms with Gasteiger partial charge < -0.3 is 87.1 Å². The first-order valence-corrected chi connectivity index (χ1v) is 25.8. The van der Waals surface area contributed by atoms with Crippen molar-refractivity contribution in [2.75, 3.05) is 28.4 Å². The standard InChI is InChI=1S/C51H84O19/c1-24(52)32-15-18-51(57)49(32,8)47(55)45(66-29(6)53)46-48(7)16-14-31(19-30(48)13-17-50(46,51)56)67-37-21-34(59-10)42(26(3)63-37)69-39-23-36(61-12)44(28(5)65-39)70-40-22-35(60-11)43(27(4)64-40)68-38-20-33(58-9)41(54)25(2)62-38/h13,24-28,31-47,52,54-57H,14-23H2,1-12H3. The minimum Gasteiger partial charge on any atom is -0.459 e. The van der Waals surface area contributed by atoms with E-state index in [0.29, 0.717) is 51.4 Å². The zero-order chi connectivity index (χ0) is 50.8. The van der Waals surface area contributed by atoms with Gasteiger partial charge in [-0.2, -0.15) is 0 Å². The van der Waals surface area contributed by atoms with E-state index in [9.17, 15) is 30.3 Å². The van der Waals surface area contributed by atoms with E-state index in [0.717, 1.165) is 5.57 Å². The molecule has 7 fully saturated rings. The van der Waals surface area contributed by atoms with Crippen molar-refractivity contribution >= 4 is 5.97 Å². The molecule has 0 spiro atoms. The number of rotatable bonds is 14. The molecule has 402 valence electrons. The maximum atomic E-state index is 12.9. The Labute approximate surface area is 413 Å². The molecular formula is C51H84O19. The molecule has 19 nitrogen and oxygen atoms in total. The van der Waals surface area contributed by atoms with Crippen LogP contribution in [0.5, 0.6) is 0 Å². The van der Waals surface area contributed by atoms with Crippen LogP contribution in [0, 0.1) is 22.7 Å². The van der Waals surface area contributed by atoms with Crippen molar-refractivity contribution in [1.82, 2.24) is 0 Å². The van der Waals surface area contributed by atoms with Crippen LogP contribution in [-0.2, 0) is 66.4 Å². The average molecular weight is 1000 g/mol. The summed E-state index contributed by atoms with van der Waals surface area (Å²) >= 11 is 0. The number of methoxy groups -OCH3 is 4. The quantitative estimate of drug-likeness (QED) is 0.124. The molecule has 5 N–H and O–H groups in total. The lowest BCUT2D eigenvalue weighted by atomic mass is 9.42. The molecule has 0 amide bonds. The number of aliphatic hydroxyl groups excluding tert-OH is 3. The Morgan fingerprint density at radius 2 is 1.13 bits per heavy atom. The Balaban J connectivity index is 0.868. The maximum Gasteiger partial charge on any atom is 0.303 e. The predicted octanol–water partition coefficient (Wildman–Crippen LogP) is 3.19. The highest BCUT2D eigenvalue weighted by atomic mass is 16.8. The van der Waals surface area contributed by atoms with Crippen LogP contribution in [-0.4, -0.2) is 194 Å². The van der Waals surface area contributed by atoms with Gasteiger partial charge in [0.1, 0.15) is 41.7 Å². The third-order valence-corrected chi connectivity index (χ3v) is 18.4. The van der Waals surface area contributed by atoms with Gasteiger partial charge in [0.2, 0.25) is 0 Å². The Bertz CT molecular complexity index is 1820.